The van der Waals surface area contributed by atoms with Gasteiger partial charge in [-0.3, -0.25) is 9.78 Å². The van der Waals surface area contributed by atoms with Crippen LogP contribution in [0.2, 0.25) is 0 Å². The van der Waals surface area contributed by atoms with Gasteiger partial charge in [-0.2, -0.15) is 26.9 Å². The van der Waals surface area contributed by atoms with Gasteiger partial charge in [0.1, 0.15) is 11.4 Å². The predicted octanol–water partition coefficient (Wildman–Crippen LogP) is 5.83. The maximum Gasteiger partial charge on any atom is 0.488 e. The normalized spacial score (nSPS) is 14.3. The first-order valence-corrected chi connectivity index (χ1v) is 13.6. The number of alkyl halides is 3. The van der Waals surface area contributed by atoms with Gasteiger partial charge in [-0.15, -0.1) is 0 Å². The van der Waals surface area contributed by atoms with E-state index in [1.807, 2.05) is 4.57 Å². The lowest BCUT2D eigenvalue weighted by molar-refractivity contribution is -0.153. The second-order valence-electron chi connectivity index (χ2n) is 9.66. The molecule has 0 radical (unpaired) electrons. The van der Waals surface area contributed by atoms with Crippen molar-refractivity contribution in [1.29, 1.82) is 5.26 Å². The monoisotopic (exact) mass is 586 g/mol. The third-order valence-corrected chi connectivity index (χ3v) is 7.42. The van der Waals surface area contributed by atoms with Gasteiger partial charge >= 0.3 is 16.7 Å². The van der Waals surface area contributed by atoms with E-state index in [2.05, 4.69) is 20.2 Å². The van der Waals surface area contributed by atoms with Crippen LogP contribution in [0.25, 0.3) is 44.0 Å². The standard InChI is InChI=1S/C27H18F4N4O5S/c28-27(29,30)13-39-23-9-20-22(8-19(23)15-7-17(12-33-11-15)40-41(31,37)38)35(16-2-1-3-16)26-24(25(20)36)18-5-4-14(10-32)6-21(18)34-26/h4-9,11-12,16,34H,1-3,13H2. The lowest BCUT2D eigenvalue weighted by atomic mass is 9.91. The van der Waals surface area contributed by atoms with Gasteiger partial charge in [-0.1, -0.05) is 9.95 Å². The molecule has 3 heterocycles. The van der Waals surface area contributed by atoms with Gasteiger partial charge in [0.05, 0.1) is 34.1 Å². The third-order valence-electron chi connectivity index (χ3n) is 7.03. The van der Waals surface area contributed by atoms with Crippen molar-refractivity contribution in [3.63, 3.8) is 0 Å². The molecule has 0 atom stereocenters. The quantitative estimate of drug-likeness (QED) is 0.196. The highest BCUT2D eigenvalue weighted by Crippen LogP contribution is 2.41. The Balaban J connectivity index is 1.68. The Labute approximate surface area is 229 Å². The van der Waals surface area contributed by atoms with Crippen LogP contribution in [0.15, 0.2) is 53.6 Å². The van der Waals surface area contributed by atoms with Crippen LogP contribution in [0.5, 0.6) is 11.5 Å². The number of halogens is 4. The number of H-pyrrole nitrogens is 1. The molecule has 1 aliphatic rings. The molecule has 41 heavy (non-hydrogen) atoms. The van der Waals surface area contributed by atoms with Gasteiger partial charge < -0.3 is 18.5 Å². The summed E-state index contributed by atoms with van der Waals surface area (Å²) in [5.41, 5.74) is 1.47. The van der Waals surface area contributed by atoms with Crippen molar-refractivity contribution in [2.75, 3.05) is 6.61 Å². The summed E-state index contributed by atoms with van der Waals surface area (Å²) in [6, 6.07) is 10.6. The fourth-order valence-corrected chi connectivity index (χ4v) is 5.44. The minimum absolute atomic E-state index is 0.0385. The number of ether oxygens (including phenoxy) is 1. The summed E-state index contributed by atoms with van der Waals surface area (Å²) in [5.74, 6) is -0.831. The molecule has 3 aromatic heterocycles. The Bertz CT molecular complexity index is 2080. The topological polar surface area (TPSA) is 127 Å². The van der Waals surface area contributed by atoms with Gasteiger partial charge in [0.2, 0.25) is 0 Å². The van der Waals surface area contributed by atoms with Gasteiger partial charge in [-0.05, 0) is 49.6 Å². The molecule has 0 spiro atoms. The number of nitrogens with zero attached hydrogens (tertiary/aromatic N) is 3. The molecule has 1 saturated carbocycles. The summed E-state index contributed by atoms with van der Waals surface area (Å²) in [5, 5.41) is 10.3. The molecule has 210 valence electrons. The van der Waals surface area contributed by atoms with Crippen molar-refractivity contribution < 1.29 is 34.4 Å². The number of benzene rings is 2. The van der Waals surface area contributed by atoms with E-state index in [4.69, 9.17) is 4.74 Å². The predicted molar refractivity (Wildman–Crippen MR) is 141 cm³/mol. The average Bonchev–Trinajstić information content (AvgIpc) is 3.25. The fraction of sp³-hybridized carbons (Fsp3) is 0.222. The lowest BCUT2D eigenvalue weighted by Gasteiger charge is -2.31. The average molecular weight is 587 g/mol. The minimum atomic E-state index is -5.40. The molecule has 2 aromatic carbocycles. The molecular formula is C27H18F4N4O5S. The van der Waals surface area contributed by atoms with Gasteiger partial charge in [0.15, 0.2) is 17.8 Å². The fourth-order valence-electron chi connectivity index (χ4n) is 5.12. The van der Waals surface area contributed by atoms with E-state index in [1.165, 1.54) is 18.3 Å². The van der Waals surface area contributed by atoms with Crippen molar-refractivity contribution in [1.82, 2.24) is 14.5 Å². The summed E-state index contributed by atoms with van der Waals surface area (Å²) >= 11 is 0. The number of hydrogen-bond acceptors (Lipinski definition) is 7. The molecule has 14 heteroatoms. The van der Waals surface area contributed by atoms with Crippen molar-refractivity contribution in [2.45, 2.75) is 31.5 Å². The number of rotatable bonds is 6. The van der Waals surface area contributed by atoms with Crippen LogP contribution in [-0.4, -0.2) is 35.7 Å². The Morgan fingerprint density at radius 3 is 2.56 bits per heavy atom. The van der Waals surface area contributed by atoms with Crippen LogP contribution in [0.3, 0.4) is 0 Å². The summed E-state index contributed by atoms with van der Waals surface area (Å²) in [6.45, 7) is -1.67. The molecular weight excluding hydrogens is 568 g/mol. The van der Waals surface area contributed by atoms with Crippen LogP contribution >= 0.6 is 0 Å². The summed E-state index contributed by atoms with van der Waals surface area (Å²) in [4.78, 5) is 21.0. The first kappa shape index (κ1) is 26.6. The van der Waals surface area contributed by atoms with Gasteiger partial charge in [0, 0.05) is 34.3 Å². The zero-order valence-corrected chi connectivity index (χ0v) is 21.6. The Kier molecular flexibility index (Phi) is 6.14. The number of pyridine rings is 2. The number of nitrogens with one attached hydrogen (secondary N) is 1. The largest absolute Gasteiger partial charge is 0.488 e. The van der Waals surface area contributed by atoms with Crippen LogP contribution in [0.4, 0.5) is 17.1 Å². The molecule has 0 amide bonds. The maximum atomic E-state index is 13.9. The zero-order chi connectivity index (χ0) is 29.1. The first-order valence-electron chi connectivity index (χ1n) is 12.3. The molecule has 0 bridgehead atoms. The van der Waals surface area contributed by atoms with E-state index >= 15 is 0 Å². The molecule has 9 nitrogen and oxygen atoms in total. The highest BCUT2D eigenvalue weighted by Gasteiger charge is 2.30. The zero-order valence-electron chi connectivity index (χ0n) is 20.8. The number of fused-ring (bicyclic) bond motifs is 4. The summed E-state index contributed by atoms with van der Waals surface area (Å²) in [6.07, 6.45) is -0.0658. The van der Waals surface area contributed by atoms with Crippen LogP contribution in [-0.2, 0) is 10.5 Å². The van der Waals surface area contributed by atoms with Gasteiger partial charge in [0.25, 0.3) is 0 Å². The molecule has 0 aliphatic heterocycles. The van der Waals surface area contributed by atoms with E-state index in [1.54, 1.807) is 18.2 Å². The van der Waals surface area contributed by atoms with Gasteiger partial charge in [-0.25, -0.2) is 0 Å². The molecule has 5 aromatic rings. The van der Waals surface area contributed by atoms with Crippen molar-refractivity contribution in [3.8, 4) is 28.7 Å². The van der Waals surface area contributed by atoms with E-state index < -0.39 is 34.5 Å². The Morgan fingerprint density at radius 1 is 1.12 bits per heavy atom. The van der Waals surface area contributed by atoms with E-state index in [9.17, 15) is 35.5 Å². The Morgan fingerprint density at radius 2 is 1.90 bits per heavy atom. The number of hydrogen-bond donors (Lipinski definition) is 1. The maximum absolute atomic E-state index is 13.9. The number of aromatic nitrogens is 3. The first-order chi connectivity index (χ1) is 19.4. The minimum Gasteiger partial charge on any atom is -0.483 e. The summed E-state index contributed by atoms with van der Waals surface area (Å²) < 4.78 is 86.1. The highest BCUT2D eigenvalue weighted by atomic mass is 32.3. The van der Waals surface area contributed by atoms with Crippen molar-refractivity contribution in [3.05, 3.63) is 64.6 Å². The molecule has 6 rings (SSSR count). The second-order valence-corrected chi connectivity index (χ2v) is 10.6. The second kappa shape index (κ2) is 9.48. The van der Waals surface area contributed by atoms with E-state index in [0.29, 0.717) is 33.0 Å². The summed E-state index contributed by atoms with van der Waals surface area (Å²) in [7, 11) is -5.40. The van der Waals surface area contributed by atoms with Crippen LogP contribution in [0.1, 0.15) is 30.9 Å². The van der Waals surface area contributed by atoms with Crippen molar-refractivity contribution >= 4 is 43.3 Å². The number of nitriles is 1. The molecule has 1 N–H and O–H groups in total. The number of aromatic amines is 1. The van der Waals surface area contributed by atoms with E-state index in [-0.39, 0.29) is 28.3 Å². The molecule has 0 saturated heterocycles. The van der Waals surface area contributed by atoms with Crippen LogP contribution < -0.4 is 14.3 Å². The lowest BCUT2D eigenvalue weighted by Crippen LogP contribution is -2.22. The molecule has 1 aliphatic carbocycles. The van der Waals surface area contributed by atoms with E-state index in [0.717, 1.165) is 31.5 Å². The molecule has 0 unspecified atom stereocenters. The molecule has 1 fully saturated rings. The third kappa shape index (κ3) is 4.93. The Hall–Kier alpha value is -4.64. The SMILES string of the molecule is N#Cc1ccc2c(c1)[nH]c1c2c(=O)c2cc(OCC(F)(F)F)c(-c3cncc(OS(=O)(=O)F)c3)cc2n1C1CCC1. The van der Waals surface area contributed by atoms with Crippen molar-refractivity contribution in [2.24, 2.45) is 0 Å². The smallest absolute Gasteiger partial charge is 0.483 e. The highest BCUT2D eigenvalue weighted by molar-refractivity contribution is 7.81. The van der Waals surface area contributed by atoms with Crippen LogP contribution in [0, 0.1) is 11.3 Å².